The number of ketones is 1. The molecule has 1 aliphatic rings. The van der Waals surface area contributed by atoms with Crippen LogP contribution in [0.15, 0.2) is 48.7 Å². The molecule has 23 heavy (non-hydrogen) atoms. The second-order valence-corrected chi connectivity index (χ2v) is 6.04. The van der Waals surface area contributed by atoms with E-state index in [-0.39, 0.29) is 12.0 Å². The van der Waals surface area contributed by atoms with Crippen LogP contribution in [0.4, 0.5) is 0 Å². The number of fused-ring (bicyclic) bond motifs is 1. The van der Waals surface area contributed by atoms with E-state index in [2.05, 4.69) is 15.3 Å². The van der Waals surface area contributed by atoms with Crippen molar-refractivity contribution in [3.05, 3.63) is 54.4 Å². The Morgan fingerprint density at radius 2 is 1.96 bits per heavy atom. The van der Waals surface area contributed by atoms with Gasteiger partial charge in [-0.3, -0.25) is 9.78 Å². The first-order valence-corrected chi connectivity index (χ1v) is 8.08. The highest BCUT2D eigenvalue weighted by Gasteiger charge is 2.34. The van der Waals surface area contributed by atoms with Gasteiger partial charge in [0.05, 0.1) is 11.2 Å². The van der Waals surface area contributed by atoms with E-state index in [1.807, 2.05) is 47.1 Å². The number of para-hydroxylation sites is 1. The zero-order valence-electron chi connectivity index (χ0n) is 12.8. The second kappa shape index (κ2) is 5.91. The Bertz CT molecular complexity index is 827. The minimum atomic E-state index is -0.184. The Labute approximate surface area is 134 Å². The van der Waals surface area contributed by atoms with Crippen molar-refractivity contribution in [3.63, 3.8) is 0 Å². The molecule has 3 aromatic rings. The molecule has 2 heterocycles. The number of carbonyl (C=O) groups excluding carboxylic acids is 1. The summed E-state index contributed by atoms with van der Waals surface area (Å²) in [4.78, 5) is 17.1. The summed E-state index contributed by atoms with van der Waals surface area (Å²) in [5.74, 6) is 0.232. The van der Waals surface area contributed by atoms with Gasteiger partial charge in [-0.25, -0.2) is 4.68 Å². The van der Waals surface area contributed by atoms with Crippen molar-refractivity contribution in [2.75, 3.05) is 0 Å². The maximum atomic E-state index is 12.6. The van der Waals surface area contributed by atoms with Gasteiger partial charge in [0.2, 0.25) is 0 Å². The second-order valence-electron chi connectivity index (χ2n) is 6.04. The molecule has 0 amide bonds. The number of carbonyl (C=O) groups is 1. The van der Waals surface area contributed by atoms with E-state index in [1.54, 1.807) is 6.20 Å². The molecule has 0 bridgehead atoms. The summed E-state index contributed by atoms with van der Waals surface area (Å²) in [5, 5.41) is 8.61. The summed E-state index contributed by atoms with van der Waals surface area (Å²) in [6.45, 7) is 0. The number of hydrogen-bond acceptors (Lipinski definition) is 4. The van der Waals surface area contributed by atoms with Crippen molar-refractivity contribution < 1.29 is 4.79 Å². The van der Waals surface area contributed by atoms with Gasteiger partial charge in [0.15, 0.2) is 0 Å². The van der Waals surface area contributed by atoms with Gasteiger partial charge in [0, 0.05) is 18.5 Å². The topological polar surface area (TPSA) is 60.7 Å². The number of aromatic nitrogens is 4. The van der Waals surface area contributed by atoms with Crippen molar-refractivity contribution >= 4 is 16.8 Å². The molecule has 1 aliphatic carbocycles. The molecular weight excluding hydrogens is 288 g/mol. The molecule has 0 radical (unpaired) electrons. The van der Waals surface area contributed by atoms with E-state index in [0.29, 0.717) is 12.2 Å². The molecule has 2 atom stereocenters. The van der Waals surface area contributed by atoms with Crippen LogP contribution < -0.4 is 0 Å². The van der Waals surface area contributed by atoms with Crippen LogP contribution in [-0.2, 0) is 4.79 Å². The minimum absolute atomic E-state index is 0.0799. The number of Topliss-reactive ketones (excluding diaryl/α,β-unsaturated/α-hetero) is 1. The van der Waals surface area contributed by atoms with Gasteiger partial charge in [-0.05, 0) is 37.1 Å². The van der Waals surface area contributed by atoms with E-state index in [4.69, 9.17) is 0 Å². The van der Waals surface area contributed by atoms with Gasteiger partial charge in [-0.2, -0.15) is 0 Å². The standard InChI is InChI=1S/C18H18N4O/c23-17-11-4-1-7-13(17)18(15-9-5-6-12-19-15)22-16-10-3-2-8-14(16)20-21-22/h2-3,5-6,8-10,12-13,18H,1,4,7,11H2/t13-,18-/m1/s1. The van der Waals surface area contributed by atoms with Crippen LogP contribution in [0.3, 0.4) is 0 Å². The Morgan fingerprint density at radius 3 is 2.78 bits per heavy atom. The number of rotatable bonds is 3. The number of benzene rings is 1. The maximum absolute atomic E-state index is 12.6. The number of nitrogens with zero attached hydrogens (tertiary/aromatic N) is 4. The van der Waals surface area contributed by atoms with Gasteiger partial charge >= 0.3 is 0 Å². The fraction of sp³-hybridized carbons (Fsp3) is 0.333. The third kappa shape index (κ3) is 2.52. The first kappa shape index (κ1) is 14.1. The molecule has 116 valence electrons. The Hall–Kier alpha value is -2.56. The van der Waals surface area contributed by atoms with Crippen molar-refractivity contribution in [1.29, 1.82) is 0 Å². The summed E-state index contributed by atoms with van der Waals surface area (Å²) >= 11 is 0. The number of pyridine rings is 1. The van der Waals surface area contributed by atoms with Crippen LogP contribution in [-0.4, -0.2) is 25.8 Å². The Balaban J connectivity index is 1.86. The minimum Gasteiger partial charge on any atom is -0.299 e. The SMILES string of the molecule is O=C1CCCC[C@H]1[C@H](c1ccccn1)n1nnc2ccccc21. The normalized spacial score (nSPS) is 19.8. The predicted molar refractivity (Wildman–Crippen MR) is 86.9 cm³/mol. The van der Waals surface area contributed by atoms with Crippen LogP contribution in [0.1, 0.15) is 37.4 Å². The predicted octanol–water partition coefficient (Wildman–Crippen LogP) is 3.18. The fourth-order valence-electron chi connectivity index (χ4n) is 3.49. The first-order chi connectivity index (χ1) is 11.3. The van der Waals surface area contributed by atoms with Crippen LogP contribution in [0.25, 0.3) is 11.0 Å². The van der Waals surface area contributed by atoms with Crippen molar-refractivity contribution in [2.24, 2.45) is 5.92 Å². The van der Waals surface area contributed by atoms with E-state index in [1.165, 1.54) is 0 Å². The summed E-state index contributed by atoms with van der Waals surface area (Å²) < 4.78 is 1.88. The van der Waals surface area contributed by atoms with Crippen molar-refractivity contribution in [1.82, 2.24) is 20.0 Å². The third-order valence-corrected chi connectivity index (χ3v) is 4.61. The smallest absolute Gasteiger partial charge is 0.138 e. The van der Waals surface area contributed by atoms with Gasteiger partial charge in [-0.15, -0.1) is 5.10 Å². The fourth-order valence-corrected chi connectivity index (χ4v) is 3.49. The van der Waals surface area contributed by atoms with Gasteiger partial charge < -0.3 is 0 Å². The van der Waals surface area contributed by atoms with Gasteiger partial charge in [0.1, 0.15) is 17.3 Å². The maximum Gasteiger partial charge on any atom is 0.138 e. The van der Waals surface area contributed by atoms with Crippen LogP contribution in [0.2, 0.25) is 0 Å². The summed E-state index contributed by atoms with van der Waals surface area (Å²) in [5.41, 5.74) is 2.67. The molecule has 4 rings (SSSR count). The Morgan fingerprint density at radius 1 is 1.09 bits per heavy atom. The quantitative estimate of drug-likeness (QED) is 0.745. The highest BCUT2D eigenvalue weighted by atomic mass is 16.1. The molecule has 5 heteroatoms. The molecule has 2 aromatic heterocycles. The average Bonchev–Trinajstić information content (AvgIpc) is 3.02. The van der Waals surface area contributed by atoms with E-state index < -0.39 is 0 Å². The summed E-state index contributed by atoms with van der Waals surface area (Å²) in [6.07, 6.45) is 5.37. The molecule has 0 N–H and O–H groups in total. The van der Waals surface area contributed by atoms with Crippen molar-refractivity contribution in [2.45, 2.75) is 31.7 Å². The molecule has 0 unspecified atom stereocenters. The van der Waals surface area contributed by atoms with Gasteiger partial charge in [0.25, 0.3) is 0 Å². The highest BCUT2D eigenvalue weighted by Crippen LogP contribution is 2.35. The lowest BCUT2D eigenvalue weighted by atomic mass is 9.81. The van der Waals surface area contributed by atoms with Crippen LogP contribution in [0, 0.1) is 5.92 Å². The van der Waals surface area contributed by atoms with Crippen LogP contribution >= 0.6 is 0 Å². The van der Waals surface area contributed by atoms with E-state index >= 15 is 0 Å². The molecule has 5 nitrogen and oxygen atoms in total. The summed E-state index contributed by atoms with van der Waals surface area (Å²) in [6, 6.07) is 13.5. The zero-order valence-corrected chi connectivity index (χ0v) is 12.8. The monoisotopic (exact) mass is 306 g/mol. The molecular formula is C18H18N4O. The molecule has 0 spiro atoms. The van der Waals surface area contributed by atoms with Gasteiger partial charge in [-0.1, -0.05) is 29.8 Å². The average molecular weight is 306 g/mol. The molecule has 1 fully saturated rings. The molecule has 1 saturated carbocycles. The lowest BCUT2D eigenvalue weighted by Crippen LogP contribution is -2.31. The number of hydrogen-bond donors (Lipinski definition) is 0. The zero-order chi connectivity index (χ0) is 15.6. The Kier molecular flexibility index (Phi) is 3.61. The lowest BCUT2D eigenvalue weighted by Gasteiger charge is -2.29. The highest BCUT2D eigenvalue weighted by molar-refractivity contribution is 5.83. The lowest BCUT2D eigenvalue weighted by molar-refractivity contribution is -0.125. The van der Waals surface area contributed by atoms with E-state index in [0.717, 1.165) is 36.0 Å². The van der Waals surface area contributed by atoms with Crippen LogP contribution in [0.5, 0.6) is 0 Å². The van der Waals surface area contributed by atoms with Crippen molar-refractivity contribution in [3.8, 4) is 0 Å². The largest absolute Gasteiger partial charge is 0.299 e. The summed E-state index contributed by atoms with van der Waals surface area (Å²) in [7, 11) is 0. The third-order valence-electron chi connectivity index (χ3n) is 4.61. The first-order valence-electron chi connectivity index (χ1n) is 8.08. The molecule has 0 saturated heterocycles. The molecule has 1 aromatic carbocycles. The van der Waals surface area contributed by atoms with E-state index in [9.17, 15) is 4.79 Å². The molecule has 0 aliphatic heterocycles.